The van der Waals surface area contributed by atoms with Gasteiger partial charge < -0.3 is 14.7 Å². The Kier molecular flexibility index (Phi) is 7.75. The third-order valence-electron chi connectivity index (χ3n) is 7.16. The molecule has 0 saturated carbocycles. The van der Waals surface area contributed by atoms with Gasteiger partial charge in [0.1, 0.15) is 16.8 Å². The molecule has 0 spiro atoms. The molecule has 5 rings (SSSR count). The van der Waals surface area contributed by atoms with Crippen LogP contribution in [0.5, 0.6) is 5.75 Å². The van der Waals surface area contributed by atoms with E-state index in [4.69, 9.17) is 9.84 Å². The predicted octanol–water partition coefficient (Wildman–Crippen LogP) is 6.18. The van der Waals surface area contributed by atoms with Gasteiger partial charge in [-0.1, -0.05) is 18.2 Å². The van der Waals surface area contributed by atoms with Crippen molar-refractivity contribution in [3.05, 3.63) is 59.3 Å². The summed E-state index contributed by atoms with van der Waals surface area (Å²) >= 11 is 1.57. The summed E-state index contributed by atoms with van der Waals surface area (Å²) in [6.45, 7) is 4.95. The Morgan fingerprint density at radius 2 is 1.97 bits per heavy atom. The third kappa shape index (κ3) is 5.86. The molecule has 1 aliphatic heterocycles. The highest BCUT2D eigenvalue weighted by Gasteiger charge is 2.27. The van der Waals surface area contributed by atoms with E-state index in [1.54, 1.807) is 16.2 Å². The quantitative estimate of drug-likeness (QED) is 0.398. The number of thiazole rings is 1. The van der Waals surface area contributed by atoms with Crippen molar-refractivity contribution in [2.24, 2.45) is 10.9 Å². The largest absolute Gasteiger partial charge is 0.490 e. The number of nitriles is 1. The molecule has 2 aromatic carbocycles. The van der Waals surface area contributed by atoms with Gasteiger partial charge in [0.15, 0.2) is 0 Å². The number of aromatic nitrogens is 1. The normalized spacial score (nSPS) is 16.4. The summed E-state index contributed by atoms with van der Waals surface area (Å²) in [4.78, 5) is 35.8. The number of likely N-dealkylation sites (tertiary alicyclic amines) is 1. The van der Waals surface area contributed by atoms with Gasteiger partial charge in [-0.05, 0) is 74.8 Å². The fourth-order valence-electron chi connectivity index (χ4n) is 5.25. The number of fused-ring (bicyclic) bond motifs is 1. The van der Waals surface area contributed by atoms with Crippen molar-refractivity contribution < 1.29 is 19.4 Å². The standard InChI is InChI=1S/C30H30N4O4S/c1-18(2)38-26-9-6-20(15-21(26)16-31)29-32-17-27(39-29)24-5-3-4-23-22(24)7-8-25(23)33-30(37)34-12-10-19(11-13-34)14-28(35)36/h3-6,9,15,17-19H,7-8,10-14H2,1-2H3,(H,35,36)/b33-25-. The minimum absolute atomic E-state index is 0.0191. The third-order valence-corrected chi connectivity index (χ3v) is 8.24. The minimum Gasteiger partial charge on any atom is -0.490 e. The summed E-state index contributed by atoms with van der Waals surface area (Å²) in [7, 11) is 0. The zero-order valence-corrected chi connectivity index (χ0v) is 22.8. The fraction of sp³-hybridized carbons (Fsp3) is 0.367. The van der Waals surface area contributed by atoms with Crippen LogP contribution in [0.25, 0.3) is 21.0 Å². The number of aliphatic carboxylic acids is 1. The van der Waals surface area contributed by atoms with Crippen LogP contribution in [0.15, 0.2) is 47.6 Å². The van der Waals surface area contributed by atoms with E-state index < -0.39 is 5.97 Å². The van der Waals surface area contributed by atoms with E-state index in [-0.39, 0.29) is 24.5 Å². The predicted molar refractivity (Wildman–Crippen MR) is 150 cm³/mol. The lowest BCUT2D eigenvalue weighted by atomic mass is 9.94. The zero-order valence-electron chi connectivity index (χ0n) is 22.0. The van der Waals surface area contributed by atoms with E-state index in [1.807, 2.05) is 50.4 Å². The minimum atomic E-state index is -0.785. The number of carboxylic acids is 1. The number of aliphatic imine (C=N–C) groups is 1. The molecular formula is C30H30N4O4S. The summed E-state index contributed by atoms with van der Waals surface area (Å²) in [5, 5.41) is 19.4. The first-order valence-electron chi connectivity index (χ1n) is 13.2. The van der Waals surface area contributed by atoms with Gasteiger partial charge in [-0.3, -0.25) is 4.79 Å². The molecule has 9 heteroatoms. The molecular weight excluding hydrogens is 512 g/mol. The SMILES string of the molecule is CC(C)Oc1ccc(-c2ncc(-c3cccc4c3CC/C4=N/C(=O)N3CCC(CC(=O)O)CC3)s2)cc1C#N. The summed E-state index contributed by atoms with van der Waals surface area (Å²) in [6, 6.07) is 13.6. The monoisotopic (exact) mass is 542 g/mol. The number of amides is 2. The Morgan fingerprint density at radius 1 is 1.21 bits per heavy atom. The first kappa shape index (κ1) is 26.6. The summed E-state index contributed by atoms with van der Waals surface area (Å²) in [5.41, 5.74) is 5.40. The number of carbonyl (C=O) groups is 2. The average molecular weight is 543 g/mol. The molecule has 3 aromatic rings. The van der Waals surface area contributed by atoms with E-state index in [9.17, 15) is 14.9 Å². The number of carboxylic acid groups (broad SMARTS) is 1. The number of piperidine rings is 1. The average Bonchev–Trinajstić information content (AvgIpc) is 3.56. The van der Waals surface area contributed by atoms with Gasteiger partial charge in [0.25, 0.3) is 0 Å². The van der Waals surface area contributed by atoms with Crippen molar-refractivity contribution in [2.75, 3.05) is 13.1 Å². The van der Waals surface area contributed by atoms with Gasteiger partial charge in [0.05, 0.1) is 22.3 Å². The van der Waals surface area contributed by atoms with Gasteiger partial charge in [0.2, 0.25) is 0 Å². The number of urea groups is 1. The smallest absolute Gasteiger partial charge is 0.343 e. The van der Waals surface area contributed by atoms with Crippen molar-refractivity contribution in [1.82, 2.24) is 9.88 Å². The van der Waals surface area contributed by atoms with Crippen LogP contribution in [0.1, 0.15) is 56.2 Å². The molecule has 2 heterocycles. The Balaban J connectivity index is 1.34. The highest BCUT2D eigenvalue weighted by atomic mass is 32.1. The Morgan fingerprint density at radius 3 is 2.69 bits per heavy atom. The molecule has 1 aliphatic carbocycles. The van der Waals surface area contributed by atoms with Gasteiger partial charge in [-0.2, -0.15) is 10.3 Å². The molecule has 1 N–H and O–H groups in total. The van der Waals surface area contributed by atoms with Crippen LogP contribution >= 0.6 is 11.3 Å². The lowest BCUT2D eigenvalue weighted by molar-refractivity contribution is -0.138. The highest BCUT2D eigenvalue weighted by Crippen LogP contribution is 2.39. The molecule has 200 valence electrons. The highest BCUT2D eigenvalue weighted by molar-refractivity contribution is 7.18. The number of rotatable bonds is 6. The van der Waals surface area contributed by atoms with Crippen molar-refractivity contribution in [1.29, 1.82) is 5.26 Å². The van der Waals surface area contributed by atoms with Crippen LogP contribution in [0.3, 0.4) is 0 Å². The number of carbonyl (C=O) groups excluding carboxylic acids is 1. The summed E-state index contributed by atoms with van der Waals surface area (Å²) in [6.07, 6.45) is 4.88. The van der Waals surface area contributed by atoms with Gasteiger partial charge in [-0.25, -0.2) is 9.78 Å². The number of hydrogen-bond donors (Lipinski definition) is 1. The van der Waals surface area contributed by atoms with Crippen LogP contribution in [-0.4, -0.2) is 51.9 Å². The maximum atomic E-state index is 12.9. The zero-order chi connectivity index (χ0) is 27.5. The van der Waals surface area contributed by atoms with Crippen LogP contribution in [0, 0.1) is 17.2 Å². The molecule has 0 radical (unpaired) electrons. The molecule has 0 atom stereocenters. The van der Waals surface area contributed by atoms with E-state index >= 15 is 0 Å². The molecule has 0 bridgehead atoms. The van der Waals surface area contributed by atoms with Crippen LogP contribution < -0.4 is 4.74 Å². The lowest BCUT2D eigenvalue weighted by Gasteiger charge is -2.30. The molecule has 8 nitrogen and oxygen atoms in total. The Bertz CT molecular complexity index is 1480. The molecule has 1 fully saturated rings. The van der Waals surface area contributed by atoms with Crippen LogP contribution in [-0.2, 0) is 11.2 Å². The van der Waals surface area contributed by atoms with Crippen molar-refractivity contribution in [3.63, 3.8) is 0 Å². The van der Waals surface area contributed by atoms with Crippen molar-refractivity contribution >= 4 is 29.0 Å². The number of nitrogens with zero attached hydrogens (tertiary/aromatic N) is 4. The second-order valence-corrected chi connectivity index (χ2v) is 11.3. The van der Waals surface area contributed by atoms with E-state index in [1.165, 1.54) is 0 Å². The van der Waals surface area contributed by atoms with E-state index in [0.29, 0.717) is 43.7 Å². The van der Waals surface area contributed by atoms with Gasteiger partial charge in [0, 0.05) is 36.8 Å². The van der Waals surface area contributed by atoms with Gasteiger partial charge in [-0.15, -0.1) is 11.3 Å². The van der Waals surface area contributed by atoms with Crippen molar-refractivity contribution in [3.8, 4) is 32.8 Å². The molecule has 1 saturated heterocycles. The molecule has 39 heavy (non-hydrogen) atoms. The van der Waals surface area contributed by atoms with Crippen LogP contribution in [0.4, 0.5) is 4.79 Å². The molecule has 2 aliphatic rings. The second-order valence-electron chi connectivity index (χ2n) is 10.2. The summed E-state index contributed by atoms with van der Waals surface area (Å²) < 4.78 is 5.75. The van der Waals surface area contributed by atoms with Crippen molar-refractivity contribution in [2.45, 2.75) is 52.1 Å². The van der Waals surface area contributed by atoms with Gasteiger partial charge >= 0.3 is 12.0 Å². The Hall–Kier alpha value is -4.03. The molecule has 0 unspecified atom stereocenters. The first-order chi connectivity index (χ1) is 18.8. The number of ether oxygens (including phenoxy) is 1. The van der Waals surface area contributed by atoms with Crippen LogP contribution in [0.2, 0.25) is 0 Å². The maximum absolute atomic E-state index is 12.9. The molecule has 2 amide bonds. The van der Waals surface area contributed by atoms with E-state index in [0.717, 1.165) is 44.3 Å². The summed E-state index contributed by atoms with van der Waals surface area (Å²) in [5.74, 6) is -0.0940. The second kappa shape index (κ2) is 11.4. The Labute approximate surface area is 231 Å². The first-order valence-corrected chi connectivity index (χ1v) is 14.0. The number of hydrogen-bond acceptors (Lipinski definition) is 6. The fourth-order valence-corrected chi connectivity index (χ4v) is 6.22. The maximum Gasteiger partial charge on any atom is 0.343 e. The van der Waals surface area contributed by atoms with E-state index in [2.05, 4.69) is 22.1 Å². The number of benzene rings is 2. The molecule has 1 aromatic heterocycles. The topological polar surface area (TPSA) is 116 Å². The lowest BCUT2D eigenvalue weighted by Crippen LogP contribution is -2.37.